The lowest BCUT2D eigenvalue weighted by Crippen LogP contribution is -2.64. The standard InChI is InChI=1S/C20H34O18/c1-6(24)37-38-16-14(29)11(26)9(4-32-18-15(30)13(28)10(25)7(2-21)33-18)34-19(16)36-20(5-23)17(31)12(27)8(3-22)35-20/h7-19,21-23,25-31H,2-5H2,1H3/t7-,8-,9-,10+,11-,12-,13+,14+,15-,16-,17+,18+,19-,20+/m1/s1. The maximum absolute atomic E-state index is 11.2. The lowest BCUT2D eigenvalue weighted by atomic mass is 9.98. The summed E-state index contributed by atoms with van der Waals surface area (Å²) in [6.07, 6.45) is -22.2. The number of aliphatic hydroxyl groups is 10. The Hall–Kier alpha value is -1.17. The fourth-order valence-electron chi connectivity index (χ4n) is 4.23. The molecule has 0 radical (unpaired) electrons. The highest BCUT2D eigenvalue weighted by molar-refractivity contribution is 5.65. The van der Waals surface area contributed by atoms with Crippen LogP contribution >= 0.6 is 0 Å². The second-order valence-corrected chi connectivity index (χ2v) is 9.05. The highest BCUT2D eigenvalue weighted by Gasteiger charge is 2.59. The zero-order valence-electron chi connectivity index (χ0n) is 20.1. The molecule has 0 aromatic heterocycles. The van der Waals surface area contributed by atoms with Gasteiger partial charge in [-0.15, -0.1) is 0 Å². The molecule has 3 aliphatic rings. The van der Waals surface area contributed by atoms with Gasteiger partial charge in [0.05, 0.1) is 19.8 Å². The van der Waals surface area contributed by atoms with Gasteiger partial charge in [-0.3, -0.25) is 4.89 Å². The highest BCUT2D eigenvalue weighted by atomic mass is 17.2. The lowest BCUT2D eigenvalue weighted by Gasteiger charge is -2.45. The maximum Gasteiger partial charge on any atom is 0.339 e. The molecule has 18 heteroatoms. The highest BCUT2D eigenvalue weighted by Crippen LogP contribution is 2.37. The fourth-order valence-corrected chi connectivity index (χ4v) is 4.23. The van der Waals surface area contributed by atoms with Gasteiger partial charge in [0, 0.05) is 6.92 Å². The van der Waals surface area contributed by atoms with Crippen molar-refractivity contribution in [2.45, 2.75) is 92.4 Å². The van der Waals surface area contributed by atoms with E-state index in [1.54, 1.807) is 0 Å². The molecule has 3 fully saturated rings. The van der Waals surface area contributed by atoms with Crippen LogP contribution in [0.25, 0.3) is 0 Å². The molecule has 0 bridgehead atoms. The van der Waals surface area contributed by atoms with E-state index >= 15 is 0 Å². The summed E-state index contributed by atoms with van der Waals surface area (Å²) in [5.41, 5.74) is 0. The van der Waals surface area contributed by atoms with Crippen LogP contribution in [0, 0.1) is 0 Å². The normalized spacial score (nSPS) is 47.7. The largest absolute Gasteiger partial charge is 0.394 e. The van der Waals surface area contributed by atoms with E-state index in [1.807, 2.05) is 0 Å². The van der Waals surface area contributed by atoms with Gasteiger partial charge >= 0.3 is 5.97 Å². The van der Waals surface area contributed by atoms with Crippen LogP contribution < -0.4 is 0 Å². The van der Waals surface area contributed by atoms with Crippen molar-refractivity contribution in [1.82, 2.24) is 0 Å². The molecule has 10 N–H and O–H groups in total. The van der Waals surface area contributed by atoms with Crippen LogP contribution in [0.4, 0.5) is 0 Å². The molecule has 0 aromatic carbocycles. The van der Waals surface area contributed by atoms with Crippen LogP contribution in [0.15, 0.2) is 0 Å². The van der Waals surface area contributed by atoms with Crippen molar-refractivity contribution in [3.8, 4) is 0 Å². The van der Waals surface area contributed by atoms with Gasteiger partial charge in [0.25, 0.3) is 0 Å². The van der Waals surface area contributed by atoms with E-state index in [4.69, 9.17) is 28.6 Å². The number of rotatable bonds is 10. The first-order chi connectivity index (χ1) is 17.9. The SMILES string of the molecule is CC(=O)OO[C@H]1[C@@H](O[C@]2(CO)O[C@H](CO)[C@@H](O)[C@@H]2O)O[C@H](CO[C@H]2O[C@H](CO)[C@H](O)[C@H](O)[C@H]2O)[C@@H](O)[C@@H]1O. The fraction of sp³-hybridized carbons (Fsp3) is 0.950. The number of carbonyl (C=O) groups is 1. The molecule has 14 atom stereocenters. The number of ether oxygens (including phenoxy) is 5. The van der Waals surface area contributed by atoms with Gasteiger partial charge in [-0.2, -0.15) is 4.89 Å². The van der Waals surface area contributed by atoms with E-state index < -0.39 is 118 Å². The van der Waals surface area contributed by atoms with Crippen molar-refractivity contribution < 1.29 is 89.3 Å². The van der Waals surface area contributed by atoms with Gasteiger partial charge in [0.15, 0.2) is 18.7 Å². The topological polar surface area (TPSA) is 284 Å². The Morgan fingerprint density at radius 1 is 0.763 bits per heavy atom. The average Bonchev–Trinajstić information content (AvgIpc) is 3.14. The Kier molecular flexibility index (Phi) is 10.7. The first-order valence-electron chi connectivity index (χ1n) is 11.6. The summed E-state index contributed by atoms with van der Waals surface area (Å²) in [5.74, 6) is -3.40. The first kappa shape index (κ1) is 31.4. The molecule has 0 aromatic rings. The van der Waals surface area contributed by atoms with E-state index in [1.165, 1.54) is 0 Å². The summed E-state index contributed by atoms with van der Waals surface area (Å²) in [7, 11) is 0. The minimum absolute atomic E-state index is 0.682. The van der Waals surface area contributed by atoms with Gasteiger partial charge in [-0.1, -0.05) is 0 Å². The van der Waals surface area contributed by atoms with Gasteiger partial charge in [-0.05, 0) is 0 Å². The summed E-state index contributed by atoms with van der Waals surface area (Å²) < 4.78 is 26.9. The molecule has 0 aliphatic carbocycles. The van der Waals surface area contributed by atoms with Crippen molar-refractivity contribution >= 4 is 5.97 Å². The van der Waals surface area contributed by atoms with Crippen LogP contribution in [-0.2, 0) is 38.3 Å². The molecule has 222 valence electrons. The smallest absolute Gasteiger partial charge is 0.339 e. The zero-order valence-corrected chi connectivity index (χ0v) is 20.1. The molecule has 3 rings (SSSR count). The minimum Gasteiger partial charge on any atom is -0.394 e. The third-order valence-corrected chi connectivity index (χ3v) is 6.42. The molecule has 3 heterocycles. The predicted molar refractivity (Wildman–Crippen MR) is 112 cm³/mol. The van der Waals surface area contributed by atoms with Gasteiger partial charge in [0.2, 0.25) is 5.79 Å². The predicted octanol–water partition coefficient (Wildman–Crippen LogP) is -7.07. The van der Waals surface area contributed by atoms with Crippen LogP contribution in [0.5, 0.6) is 0 Å². The van der Waals surface area contributed by atoms with Gasteiger partial charge in [-0.25, -0.2) is 4.79 Å². The molecule has 0 unspecified atom stereocenters. The van der Waals surface area contributed by atoms with Gasteiger partial charge in [0.1, 0.15) is 67.6 Å². The molecule has 3 saturated heterocycles. The second kappa shape index (κ2) is 13.0. The third kappa shape index (κ3) is 6.25. The summed E-state index contributed by atoms with van der Waals surface area (Å²) in [6, 6.07) is 0. The first-order valence-corrected chi connectivity index (χ1v) is 11.6. The van der Waals surface area contributed by atoms with Crippen LogP contribution in [-0.4, -0.2) is 169 Å². The number of hydrogen-bond acceptors (Lipinski definition) is 18. The molecule has 3 aliphatic heterocycles. The minimum atomic E-state index is -2.43. The second-order valence-electron chi connectivity index (χ2n) is 9.05. The Balaban J connectivity index is 1.78. The van der Waals surface area contributed by atoms with E-state index in [2.05, 4.69) is 4.89 Å². The van der Waals surface area contributed by atoms with E-state index in [-0.39, 0.29) is 0 Å². The number of hydrogen-bond donors (Lipinski definition) is 10. The van der Waals surface area contributed by atoms with Crippen molar-refractivity contribution in [3.63, 3.8) is 0 Å². The summed E-state index contributed by atoms with van der Waals surface area (Å²) in [6.45, 7) is -2.34. The van der Waals surface area contributed by atoms with Gasteiger partial charge < -0.3 is 74.7 Å². The van der Waals surface area contributed by atoms with Crippen LogP contribution in [0.3, 0.4) is 0 Å². The molecular formula is C20H34O18. The maximum atomic E-state index is 11.2. The molecule has 18 nitrogen and oxygen atoms in total. The van der Waals surface area contributed by atoms with Crippen molar-refractivity contribution in [2.24, 2.45) is 0 Å². The monoisotopic (exact) mass is 562 g/mol. The van der Waals surface area contributed by atoms with Crippen molar-refractivity contribution in [1.29, 1.82) is 0 Å². The summed E-state index contributed by atoms with van der Waals surface area (Å²) in [4.78, 5) is 20.5. The number of carbonyl (C=O) groups excluding carboxylic acids is 1. The third-order valence-electron chi connectivity index (χ3n) is 6.42. The lowest BCUT2D eigenvalue weighted by molar-refractivity contribution is -0.427. The van der Waals surface area contributed by atoms with E-state index in [9.17, 15) is 55.9 Å². The van der Waals surface area contributed by atoms with E-state index in [0.29, 0.717) is 0 Å². The average molecular weight is 562 g/mol. The number of aliphatic hydroxyl groups excluding tert-OH is 10. The molecule has 0 saturated carbocycles. The molecule has 38 heavy (non-hydrogen) atoms. The zero-order chi connectivity index (χ0) is 28.4. The summed E-state index contributed by atoms with van der Waals surface area (Å²) >= 11 is 0. The van der Waals surface area contributed by atoms with Crippen molar-refractivity contribution in [3.05, 3.63) is 0 Å². The molecular weight excluding hydrogens is 528 g/mol. The van der Waals surface area contributed by atoms with Crippen LogP contribution in [0.2, 0.25) is 0 Å². The Morgan fingerprint density at radius 3 is 1.92 bits per heavy atom. The Bertz CT molecular complexity index is 770. The van der Waals surface area contributed by atoms with E-state index in [0.717, 1.165) is 6.92 Å². The molecule has 0 spiro atoms. The Morgan fingerprint density at radius 2 is 1.37 bits per heavy atom. The summed E-state index contributed by atoms with van der Waals surface area (Å²) in [5, 5.41) is 100. The van der Waals surface area contributed by atoms with Crippen molar-refractivity contribution in [2.75, 3.05) is 26.4 Å². The molecule has 0 amide bonds. The van der Waals surface area contributed by atoms with Crippen LogP contribution in [0.1, 0.15) is 6.92 Å². The quantitative estimate of drug-likeness (QED) is 0.0874. The Labute approximate surface area is 214 Å².